The van der Waals surface area contributed by atoms with Crippen LogP contribution in [0.3, 0.4) is 0 Å². The molecule has 196 valence electrons. The minimum Gasteiger partial charge on any atom is -0.348 e. The second kappa shape index (κ2) is 10.8. The molecule has 1 aromatic rings. The highest BCUT2D eigenvalue weighted by Gasteiger charge is 2.45. The highest BCUT2D eigenvalue weighted by atomic mass is 32.2. The van der Waals surface area contributed by atoms with Crippen molar-refractivity contribution in [2.24, 2.45) is 11.8 Å². The van der Waals surface area contributed by atoms with Crippen molar-refractivity contribution in [3.05, 3.63) is 35.4 Å². The summed E-state index contributed by atoms with van der Waals surface area (Å²) in [4.78, 5) is 28.1. The van der Waals surface area contributed by atoms with Gasteiger partial charge in [0.1, 0.15) is 17.7 Å². The van der Waals surface area contributed by atoms with Gasteiger partial charge >= 0.3 is 0 Å². The molecule has 1 saturated carbocycles. The zero-order valence-electron chi connectivity index (χ0n) is 20.3. The molecule has 0 unspecified atom stereocenters. The van der Waals surface area contributed by atoms with E-state index in [9.17, 15) is 26.8 Å². The van der Waals surface area contributed by atoms with Crippen LogP contribution < -0.4 is 5.32 Å². The summed E-state index contributed by atoms with van der Waals surface area (Å²) < 4.78 is 54.8. The number of nitrogens with one attached hydrogen (secondary N) is 1. The van der Waals surface area contributed by atoms with E-state index in [4.69, 9.17) is 5.26 Å². The molecule has 4 rings (SSSR count). The summed E-state index contributed by atoms with van der Waals surface area (Å²) in [5.74, 6) is -2.83. The van der Waals surface area contributed by atoms with Gasteiger partial charge in [0.2, 0.25) is 21.8 Å². The van der Waals surface area contributed by atoms with Crippen LogP contribution >= 0.6 is 0 Å². The Hall–Kier alpha value is -2.58. The number of sulfonamides is 1. The van der Waals surface area contributed by atoms with Crippen LogP contribution in [0.15, 0.2) is 18.2 Å². The van der Waals surface area contributed by atoms with Crippen LogP contribution in [0.4, 0.5) is 8.78 Å². The number of halogens is 2. The first kappa shape index (κ1) is 26.5. The predicted molar refractivity (Wildman–Crippen MR) is 128 cm³/mol. The van der Waals surface area contributed by atoms with Crippen LogP contribution in [0.25, 0.3) is 0 Å². The molecule has 3 aliphatic rings. The highest BCUT2D eigenvalue weighted by molar-refractivity contribution is 7.89. The number of piperidine rings is 1. The summed E-state index contributed by atoms with van der Waals surface area (Å²) in [5, 5.41) is 11.2. The van der Waals surface area contributed by atoms with E-state index in [1.807, 2.05) is 0 Å². The Bertz CT molecular complexity index is 1130. The van der Waals surface area contributed by atoms with Crippen molar-refractivity contribution in [2.75, 3.05) is 19.6 Å². The molecule has 36 heavy (non-hydrogen) atoms. The Morgan fingerprint density at radius 3 is 2.44 bits per heavy atom. The summed E-state index contributed by atoms with van der Waals surface area (Å²) in [5.41, 5.74) is 0.321. The van der Waals surface area contributed by atoms with Gasteiger partial charge in [0.15, 0.2) is 0 Å². The topological polar surface area (TPSA) is 111 Å². The summed E-state index contributed by atoms with van der Waals surface area (Å²) in [6, 6.07) is 3.94. The first-order valence-electron chi connectivity index (χ1n) is 12.6. The van der Waals surface area contributed by atoms with Crippen LogP contribution in [0.2, 0.25) is 0 Å². The lowest BCUT2D eigenvalue weighted by Gasteiger charge is -2.39. The molecule has 3 fully saturated rings. The third kappa shape index (κ3) is 5.39. The van der Waals surface area contributed by atoms with Crippen molar-refractivity contribution in [1.82, 2.24) is 14.5 Å². The lowest BCUT2D eigenvalue weighted by atomic mass is 9.86. The number of nitrogens with zero attached hydrogens (tertiary/aromatic N) is 3. The number of rotatable bonds is 7. The van der Waals surface area contributed by atoms with Gasteiger partial charge < -0.3 is 10.2 Å². The van der Waals surface area contributed by atoms with Crippen molar-refractivity contribution in [1.29, 1.82) is 5.26 Å². The first-order chi connectivity index (χ1) is 17.1. The van der Waals surface area contributed by atoms with Crippen LogP contribution in [-0.4, -0.2) is 60.4 Å². The number of nitriles is 1. The summed E-state index contributed by atoms with van der Waals surface area (Å²) in [7, 11) is -3.57. The van der Waals surface area contributed by atoms with Gasteiger partial charge in [-0.2, -0.15) is 5.26 Å². The minimum absolute atomic E-state index is 0.0832. The quantitative estimate of drug-likeness (QED) is 0.592. The van der Waals surface area contributed by atoms with Gasteiger partial charge in [-0.15, -0.1) is 0 Å². The third-order valence-electron chi connectivity index (χ3n) is 7.64. The molecule has 2 amide bonds. The molecule has 2 heterocycles. The Morgan fingerprint density at radius 2 is 1.81 bits per heavy atom. The van der Waals surface area contributed by atoms with Crippen molar-refractivity contribution >= 4 is 21.8 Å². The number of amides is 2. The van der Waals surface area contributed by atoms with Crippen molar-refractivity contribution < 1.29 is 26.8 Å². The maximum absolute atomic E-state index is 13.7. The molecular weight excluding hydrogens is 490 g/mol. The molecule has 1 aromatic carbocycles. The number of hydrogen-bond acceptors (Lipinski definition) is 5. The van der Waals surface area contributed by atoms with Crippen LogP contribution in [0, 0.1) is 34.8 Å². The zero-order valence-corrected chi connectivity index (χ0v) is 21.1. The molecule has 0 radical (unpaired) electrons. The average Bonchev–Trinajstić information content (AvgIpc) is 3.30. The van der Waals surface area contributed by atoms with E-state index in [1.54, 1.807) is 6.92 Å². The summed E-state index contributed by atoms with van der Waals surface area (Å²) >= 11 is 0. The van der Waals surface area contributed by atoms with Gasteiger partial charge in [0, 0.05) is 31.6 Å². The average molecular weight is 523 g/mol. The number of hydrogen-bond donors (Lipinski definition) is 1. The smallest absolute Gasteiger partial charge is 0.243 e. The van der Waals surface area contributed by atoms with E-state index in [-0.39, 0.29) is 24.3 Å². The van der Waals surface area contributed by atoms with E-state index in [0.717, 1.165) is 6.07 Å². The SMILES string of the molecule is CC[C@H](NC(=O)[C@H]1CCCN1C(=O)[C@H]1CCCN(S(=O)(=O)C2CC(C#N)C2)C1)c1cc(F)cc(F)c1. The van der Waals surface area contributed by atoms with Crippen molar-refractivity contribution in [2.45, 2.75) is 69.2 Å². The van der Waals surface area contributed by atoms with Gasteiger partial charge in [-0.05, 0) is 62.6 Å². The molecule has 1 N–H and O–H groups in total. The molecule has 0 aromatic heterocycles. The highest BCUT2D eigenvalue weighted by Crippen LogP contribution is 2.36. The van der Waals surface area contributed by atoms with Crippen molar-refractivity contribution in [3.8, 4) is 6.07 Å². The van der Waals surface area contributed by atoms with E-state index in [2.05, 4.69) is 11.4 Å². The summed E-state index contributed by atoms with van der Waals surface area (Å²) in [6.45, 7) is 2.63. The standard InChI is InChI=1S/C25H32F2N4O4S/c1-2-22(18-11-19(26)13-20(27)12-18)29-24(32)23-6-4-8-31(23)25(33)17-5-3-7-30(15-17)36(34,35)21-9-16(10-21)14-28/h11-13,16-17,21-23H,2-10,15H2,1H3,(H,29,32)/t16?,17-,21?,22-,23+/m0/s1. The lowest BCUT2D eigenvalue weighted by Crippen LogP contribution is -2.53. The zero-order chi connectivity index (χ0) is 26.0. The molecule has 1 aliphatic carbocycles. The molecular formula is C25H32F2N4O4S. The number of carbonyl (C=O) groups is 2. The van der Waals surface area contributed by atoms with Gasteiger partial charge in [-0.1, -0.05) is 6.92 Å². The second-order valence-corrected chi connectivity index (χ2v) is 12.2. The Morgan fingerprint density at radius 1 is 1.14 bits per heavy atom. The molecule has 0 bridgehead atoms. The van der Waals surface area contributed by atoms with E-state index < -0.39 is 44.9 Å². The molecule has 2 saturated heterocycles. The maximum atomic E-state index is 13.7. The number of likely N-dealkylation sites (tertiary alicyclic amines) is 1. The van der Waals surface area contributed by atoms with Crippen LogP contribution in [-0.2, 0) is 19.6 Å². The fraction of sp³-hybridized carbons (Fsp3) is 0.640. The minimum atomic E-state index is -3.57. The molecule has 8 nitrogen and oxygen atoms in total. The van der Waals surface area contributed by atoms with Gasteiger partial charge in [-0.25, -0.2) is 21.5 Å². The fourth-order valence-corrected chi connectivity index (χ4v) is 7.65. The molecule has 2 aliphatic heterocycles. The van der Waals surface area contributed by atoms with E-state index in [0.29, 0.717) is 63.6 Å². The van der Waals surface area contributed by atoms with Gasteiger partial charge in [-0.3, -0.25) is 9.59 Å². The second-order valence-electron chi connectivity index (χ2n) is 10.0. The van der Waals surface area contributed by atoms with Crippen LogP contribution in [0.5, 0.6) is 0 Å². The molecule has 11 heteroatoms. The third-order valence-corrected chi connectivity index (χ3v) is 9.92. The van der Waals surface area contributed by atoms with Crippen molar-refractivity contribution in [3.63, 3.8) is 0 Å². The monoisotopic (exact) mass is 522 g/mol. The van der Waals surface area contributed by atoms with Crippen LogP contribution in [0.1, 0.15) is 63.5 Å². The predicted octanol–water partition coefficient (Wildman–Crippen LogP) is 2.87. The maximum Gasteiger partial charge on any atom is 0.243 e. The first-order valence-corrected chi connectivity index (χ1v) is 14.1. The number of benzene rings is 1. The molecule has 0 spiro atoms. The van der Waals surface area contributed by atoms with Gasteiger partial charge in [0.25, 0.3) is 0 Å². The largest absolute Gasteiger partial charge is 0.348 e. The van der Waals surface area contributed by atoms with Gasteiger partial charge in [0.05, 0.1) is 23.3 Å². The fourth-order valence-electron chi connectivity index (χ4n) is 5.50. The number of carbonyl (C=O) groups excluding carboxylic acids is 2. The van der Waals surface area contributed by atoms with E-state index in [1.165, 1.54) is 21.3 Å². The van der Waals surface area contributed by atoms with E-state index >= 15 is 0 Å². The summed E-state index contributed by atoms with van der Waals surface area (Å²) in [6.07, 6.45) is 3.28. The Labute approximate surface area is 210 Å². The molecule has 3 atom stereocenters. The lowest BCUT2D eigenvalue weighted by molar-refractivity contribution is -0.142. The normalized spacial score (nSPS) is 27.7. The Kier molecular flexibility index (Phi) is 7.95. The Balaban J connectivity index is 1.41.